The maximum Gasteiger partial charge on any atom is 0.343 e. The zero-order valence-corrected chi connectivity index (χ0v) is 19.9. The molecule has 0 aromatic heterocycles. The van der Waals surface area contributed by atoms with Gasteiger partial charge >= 0.3 is 12.0 Å². The van der Waals surface area contributed by atoms with Gasteiger partial charge in [0.2, 0.25) is 0 Å². The largest absolute Gasteiger partial charge is 0.422 e. The van der Waals surface area contributed by atoms with Crippen molar-refractivity contribution in [3.8, 4) is 5.75 Å². The number of halogens is 2. The molecular formula is C24H14Br2N2O5. The van der Waals surface area contributed by atoms with Crippen molar-refractivity contribution in [2.75, 3.05) is 4.90 Å². The van der Waals surface area contributed by atoms with E-state index in [-0.39, 0.29) is 11.3 Å². The Bertz CT molecular complexity index is 1300. The van der Waals surface area contributed by atoms with Gasteiger partial charge < -0.3 is 4.74 Å². The molecule has 1 aliphatic rings. The predicted octanol–water partition coefficient (Wildman–Crippen LogP) is 5.10. The van der Waals surface area contributed by atoms with E-state index in [1.165, 1.54) is 6.08 Å². The third-order valence-electron chi connectivity index (χ3n) is 4.69. The van der Waals surface area contributed by atoms with Crippen molar-refractivity contribution in [2.45, 2.75) is 0 Å². The Morgan fingerprint density at radius 3 is 2.12 bits per heavy atom. The fourth-order valence-corrected chi connectivity index (χ4v) is 3.60. The zero-order valence-electron chi connectivity index (χ0n) is 16.7. The monoisotopic (exact) mass is 568 g/mol. The molecule has 1 fully saturated rings. The van der Waals surface area contributed by atoms with Crippen LogP contribution in [-0.2, 0) is 9.59 Å². The van der Waals surface area contributed by atoms with Crippen LogP contribution in [0.1, 0.15) is 15.9 Å². The number of anilines is 1. The second-order valence-electron chi connectivity index (χ2n) is 6.87. The number of ether oxygens (including phenoxy) is 1. The van der Waals surface area contributed by atoms with Gasteiger partial charge in [0, 0.05) is 14.5 Å². The number of nitrogens with one attached hydrogen (secondary N) is 1. The summed E-state index contributed by atoms with van der Waals surface area (Å²) in [5.41, 5.74) is 0.685. The highest BCUT2D eigenvalue weighted by Crippen LogP contribution is 2.27. The van der Waals surface area contributed by atoms with Crippen LogP contribution in [-0.4, -0.2) is 23.8 Å². The van der Waals surface area contributed by atoms with E-state index in [4.69, 9.17) is 4.74 Å². The molecule has 0 bridgehead atoms. The molecule has 0 unspecified atom stereocenters. The lowest BCUT2D eigenvalue weighted by atomic mass is 10.1. The Hall–Kier alpha value is -3.56. The summed E-state index contributed by atoms with van der Waals surface area (Å²) in [6, 6.07) is 18.8. The van der Waals surface area contributed by atoms with Crippen molar-refractivity contribution >= 4 is 67.4 Å². The van der Waals surface area contributed by atoms with Crippen molar-refractivity contribution < 1.29 is 23.9 Å². The SMILES string of the molecule is O=C1NC(=O)N(c2ccc(Br)cc2)C(=O)/C1=C\c1ccccc1OC(=O)c1ccc(Br)cc1. The first kappa shape index (κ1) is 22.6. The van der Waals surface area contributed by atoms with Gasteiger partial charge in [0.25, 0.3) is 11.8 Å². The van der Waals surface area contributed by atoms with Gasteiger partial charge in [-0.05, 0) is 60.7 Å². The Morgan fingerprint density at radius 2 is 1.45 bits per heavy atom. The summed E-state index contributed by atoms with van der Waals surface area (Å²) in [6.07, 6.45) is 1.29. The van der Waals surface area contributed by atoms with E-state index in [1.807, 2.05) is 0 Å². The van der Waals surface area contributed by atoms with Crippen molar-refractivity contribution in [1.29, 1.82) is 0 Å². The number of benzene rings is 3. The summed E-state index contributed by atoms with van der Waals surface area (Å²) >= 11 is 6.61. The number of rotatable bonds is 4. The summed E-state index contributed by atoms with van der Waals surface area (Å²) in [4.78, 5) is 51.3. The first-order chi connectivity index (χ1) is 15.8. The van der Waals surface area contributed by atoms with Crippen LogP contribution in [0.3, 0.4) is 0 Å². The highest BCUT2D eigenvalue weighted by molar-refractivity contribution is 9.10. The van der Waals surface area contributed by atoms with E-state index in [0.29, 0.717) is 16.8 Å². The number of carbonyl (C=O) groups is 4. The number of imide groups is 2. The molecule has 33 heavy (non-hydrogen) atoms. The molecule has 0 aliphatic carbocycles. The fourth-order valence-electron chi connectivity index (χ4n) is 3.08. The number of barbiturate groups is 1. The van der Waals surface area contributed by atoms with Gasteiger partial charge in [0.1, 0.15) is 11.3 Å². The maximum absolute atomic E-state index is 13.1. The molecule has 0 radical (unpaired) electrons. The van der Waals surface area contributed by atoms with E-state index in [1.54, 1.807) is 72.8 Å². The van der Waals surface area contributed by atoms with Crippen molar-refractivity contribution in [1.82, 2.24) is 5.32 Å². The molecule has 164 valence electrons. The minimum Gasteiger partial charge on any atom is -0.422 e. The summed E-state index contributed by atoms with van der Waals surface area (Å²) < 4.78 is 7.09. The number of hydrogen-bond acceptors (Lipinski definition) is 5. The van der Waals surface area contributed by atoms with Gasteiger partial charge in [-0.25, -0.2) is 14.5 Å². The third kappa shape index (κ3) is 4.94. The summed E-state index contributed by atoms with van der Waals surface area (Å²) in [5, 5.41) is 2.17. The molecular weight excluding hydrogens is 556 g/mol. The standard InChI is InChI=1S/C24H14Br2N2O5/c25-16-7-5-14(6-8-16)23(31)33-20-4-2-1-3-15(20)13-19-21(29)27-24(32)28(22(19)30)18-11-9-17(26)10-12-18/h1-13H,(H,27,29,32)/b19-13-. The summed E-state index contributed by atoms with van der Waals surface area (Å²) in [7, 11) is 0. The Labute approximate surface area is 205 Å². The van der Waals surface area contributed by atoms with E-state index < -0.39 is 23.8 Å². The average molecular weight is 570 g/mol. The van der Waals surface area contributed by atoms with Crippen molar-refractivity contribution in [3.63, 3.8) is 0 Å². The molecule has 4 rings (SSSR count). The quantitative estimate of drug-likeness (QED) is 0.204. The first-order valence-electron chi connectivity index (χ1n) is 9.57. The van der Waals surface area contributed by atoms with Crippen LogP contribution in [0.5, 0.6) is 5.75 Å². The van der Waals surface area contributed by atoms with Gasteiger partial charge in [0.15, 0.2) is 0 Å². The molecule has 1 saturated heterocycles. The fraction of sp³-hybridized carbons (Fsp3) is 0. The lowest BCUT2D eigenvalue weighted by Gasteiger charge is -2.26. The van der Waals surface area contributed by atoms with Crippen LogP contribution in [0.15, 0.2) is 87.3 Å². The summed E-state index contributed by atoms with van der Waals surface area (Å²) in [6.45, 7) is 0. The molecule has 3 aromatic carbocycles. The molecule has 4 amide bonds. The topological polar surface area (TPSA) is 92.8 Å². The van der Waals surface area contributed by atoms with Crippen LogP contribution < -0.4 is 15.0 Å². The van der Waals surface area contributed by atoms with E-state index in [2.05, 4.69) is 37.2 Å². The highest BCUT2D eigenvalue weighted by Gasteiger charge is 2.37. The van der Waals surface area contributed by atoms with Crippen molar-refractivity contribution in [2.24, 2.45) is 0 Å². The number of amides is 4. The van der Waals surface area contributed by atoms with Gasteiger partial charge in [-0.1, -0.05) is 50.1 Å². The van der Waals surface area contributed by atoms with Gasteiger partial charge in [0.05, 0.1) is 11.3 Å². The Kier molecular flexibility index (Phi) is 6.52. The molecule has 1 N–H and O–H groups in total. The average Bonchev–Trinajstić information content (AvgIpc) is 2.79. The minimum atomic E-state index is -0.848. The van der Waals surface area contributed by atoms with Crippen LogP contribution in [0.2, 0.25) is 0 Å². The van der Waals surface area contributed by atoms with Gasteiger partial charge in [-0.2, -0.15) is 0 Å². The van der Waals surface area contributed by atoms with E-state index >= 15 is 0 Å². The van der Waals surface area contributed by atoms with Crippen LogP contribution in [0.25, 0.3) is 6.08 Å². The number of hydrogen-bond donors (Lipinski definition) is 1. The lowest BCUT2D eigenvalue weighted by Crippen LogP contribution is -2.54. The molecule has 1 aliphatic heterocycles. The van der Waals surface area contributed by atoms with E-state index in [0.717, 1.165) is 13.8 Å². The Morgan fingerprint density at radius 1 is 0.848 bits per heavy atom. The number of para-hydroxylation sites is 1. The Balaban J connectivity index is 1.66. The maximum atomic E-state index is 13.1. The zero-order chi connectivity index (χ0) is 23.5. The number of nitrogens with zero attached hydrogens (tertiary/aromatic N) is 1. The normalized spacial score (nSPS) is 14.9. The predicted molar refractivity (Wildman–Crippen MR) is 129 cm³/mol. The second kappa shape index (κ2) is 9.51. The number of urea groups is 1. The molecule has 0 spiro atoms. The highest BCUT2D eigenvalue weighted by atomic mass is 79.9. The molecule has 3 aromatic rings. The number of carbonyl (C=O) groups excluding carboxylic acids is 4. The van der Waals surface area contributed by atoms with Crippen molar-refractivity contribution in [3.05, 3.63) is 98.4 Å². The van der Waals surface area contributed by atoms with Crippen LogP contribution >= 0.6 is 31.9 Å². The first-order valence-corrected chi connectivity index (χ1v) is 11.2. The second-order valence-corrected chi connectivity index (χ2v) is 8.70. The lowest BCUT2D eigenvalue weighted by molar-refractivity contribution is -0.122. The summed E-state index contributed by atoms with van der Waals surface area (Å²) in [5.74, 6) is -2.07. The third-order valence-corrected chi connectivity index (χ3v) is 5.75. The minimum absolute atomic E-state index is 0.158. The van der Waals surface area contributed by atoms with Crippen LogP contribution in [0.4, 0.5) is 10.5 Å². The smallest absolute Gasteiger partial charge is 0.343 e. The molecule has 7 nitrogen and oxygen atoms in total. The molecule has 9 heteroatoms. The number of esters is 1. The molecule has 0 atom stereocenters. The molecule has 1 heterocycles. The van der Waals surface area contributed by atoms with Crippen LogP contribution in [0, 0.1) is 0 Å². The van der Waals surface area contributed by atoms with E-state index in [9.17, 15) is 19.2 Å². The van der Waals surface area contributed by atoms with Gasteiger partial charge in [-0.15, -0.1) is 0 Å². The molecule has 0 saturated carbocycles. The van der Waals surface area contributed by atoms with Gasteiger partial charge in [-0.3, -0.25) is 14.9 Å².